The van der Waals surface area contributed by atoms with Crippen LogP contribution >= 0.6 is 0 Å². The number of carbonyl (C=O) groups is 1. The lowest BCUT2D eigenvalue weighted by Crippen LogP contribution is -2.30. The highest BCUT2D eigenvalue weighted by Crippen LogP contribution is 2.25. The molecule has 7 nitrogen and oxygen atoms in total. The van der Waals surface area contributed by atoms with Crippen LogP contribution < -0.4 is 0 Å². The van der Waals surface area contributed by atoms with Gasteiger partial charge in [-0.15, -0.1) is 0 Å². The lowest BCUT2D eigenvalue weighted by molar-refractivity contribution is -0.301. The molecule has 0 fully saturated rings. The number of aryl methyl sites for hydroxylation is 1. The largest absolute Gasteiger partial charge is 0.373 e. The highest BCUT2D eigenvalue weighted by atomic mass is 17.2. The Bertz CT molecular complexity index is 695. The second-order valence-electron chi connectivity index (χ2n) is 7.75. The first-order valence-corrected chi connectivity index (χ1v) is 9.59. The summed E-state index contributed by atoms with van der Waals surface area (Å²) < 4.78 is 10.5. The van der Waals surface area contributed by atoms with Gasteiger partial charge in [0.25, 0.3) is 0 Å². The maximum Gasteiger partial charge on any atom is 0.373 e. The van der Waals surface area contributed by atoms with Gasteiger partial charge in [0.1, 0.15) is 11.5 Å². The molecule has 29 heavy (non-hydrogen) atoms. The molecule has 0 saturated heterocycles. The van der Waals surface area contributed by atoms with E-state index in [0.717, 1.165) is 24.8 Å². The summed E-state index contributed by atoms with van der Waals surface area (Å²) in [6, 6.07) is 11.2. The molecule has 0 aromatic heterocycles. The van der Waals surface area contributed by atoms with Crippen LogP contribution in [0, 0.1) is 34.5 Å². The van der Waals surface area contributed by atoms with Gasteiger partial charge in [0, 0.05) is 20.1 Å². The number of methoxy groups -OCH3 is 2. The van der Waals surface area contributed by atoms with Gasteiger partial charge in [-0.1, -0.05) is 18.6 Å². The van der Waals surface area contributed by atoms with Crippen molar-refractivity contribution in [2.75, 3.05) is 14.2 Å². The number of hydrogen-bond donors (Lipinski definition) is 0. The smallest absolute Gasteiger partial charge is 0.356 e. The van der Waals surface area contributed by atoms with Crippen LogP contribution in [0.25, 0.3) is 0 Å². The molecule has 0 spiro atoms. The number of unbranched alkanes of at least 4 members (excludes halogenated alkanes) is 1. The van der Waals surface area contributed by atoms with Gasteiger partial charge in [-0.25, -0.2) is 4.79 Å². The van der Waals surface area contributed by atoms with Gasteiger partial charge in [0.15, 0.2) is 6.29 Å². The van der Waals surface area contributed by atoms with Gasteiger partial charge in [0.05, 0.1) is 17.7 Å². The summed E-state index contributed by atoms with van der Waals surface area (Å²) in [6.07, 6.45) is 2.57. The minimum atomic E-state index is -0.777. The summed E-state index contributed by atoms with van der Waals surface area (Å²) in [4.78, 5) is 21.8. The normalized spacial score (nSPS) is 12.4. The Hall–Kier alpha value is -2.45. The zero-order valence-corrected chi connectivity index (χ0v) is 17.8. The quantitative estimate of drug-likeness (QED) is 0.237. The van der Waals surface area contributed by atoms with Crippen molar-refractivity contribution in [1.29, 1.82) is 10.5 Å². The Labute approximate surface area is 173 Å². The fourth-order valence-electron chi connectivity index (χ4n) is 2.85. The van der Waals surface area contributed by atoms with E-state index in [2.05, 4.69) is 0 Å². The SMILES string of the molecule is COC(OC)C(CCCCc1ccc(C(=O)OOC(C)(C)C)cc1)C(C#N)C#N. The van der Waals surface area contributed by atoms with E-state index in [0.29, 0.717) is 12.0 Å². The Kier molecular flexibility index (Phi) is 10.3. The number of nitrogens with zero attached hydrogens (tertiary/aromatic N) is 2. The van der Waals surface area contributed by atoms with Crippen molar-refractivity contribution >= 4 is 5.97 Å². The second-order valence-corrected chi connectivity index (χ2v) is 7.75. The molecule has 1 aromatic rings. The predicted molar refractivity (Wildman–Crippen MR) is 106 cm³/mol. The third kappa shape index (κ3) is 8.62. The number of carbonyl (C=O) groups excluding carboxylic acids is 1. The van der Waals surface area contributed by atoms with Crippen LogP contribution in [0.3, 0.4) is 0 Å². The van der Waals surface area contributed by atoms with E-state index in [1.807, 2.05) is 24.3 Å². The van der Waals surface area contributed by atoms with Gasteiger partial charge in [-0.3, -0.25) is 4.89 Å². The molecule has 0 aliphatic heterocycles. The van der Waals surface area contributed by atoms with Crippen LogP contribution in [0.1, 0.15) is 56.0 Å². The molecule has 0 aliphatic carbocycles. The van der Waals surface area contributed by atoms with Gasteiger partial charge in [0.2, 0.25) is 0 Å². The van der Waals surface area contributed by atoms with Gasteiger partial charge >= 0.3 is 5.97 Å². The van der Waals surface area contributed by atoms with Crippen molar-refractivity contribution in [2.24, 2.45) is 11.8 Å². The maximum atomic E-state index is 12.0. The molecule has 0 saturated carbocycles. The summed E-state index contributed by atoms with van der Waals surface area (Å²) in [5, 5.41) is 18.4. The van der Waals surface area contributed by atoms with E-state index >= 15 is 0 Å². The van der Waals surface area contributed by atoms with Crippen molar-refractivity contribution in [2.45, 2.75) is 58.3 Å². The Morgan fingerprint density at radius 2 is 1.62 bits per heavy atom. The molecule has 1 rings (SSSR count). The molecule has 0 aliphatic rings. The topological polar surface area (TPSA) is 102 Å². The molecule has 0 bridgehead atoms. The highest BCUT2D eigenvalue weighted by Gasteiger charge is 2.29. The molecule has 0 N–H and O–H groups in total. The van der Waals surface area contributed by atoms with E-state index in [-0.39, 0.29) is 5.92 Å². The van der Waals surface area contributed by atoms with Crippen LogP contribution in [0.4, 0.5) is 0 Å². The van der Waals surface area contributed by atoms with E-state index < -0.39 is 23.8 Å². The summed E-state index contributed by atoms with van der Waals surface area (Å²) in [5.74, 6) is -1.61. The van der Waals surface area contributed by atoms with Crippen molar-refractivity contribution in [3.05, 3.63) is 35.4 Å². The average molecular weight is 402 g/mol. The van der Waals surface area contributed by atoms with E-state index in [9.17, 15) is 15.3 Å². The minimum absolute atomic E-state index is 0.306. The summed E-state index contributed by atoms with van der Waals surface area (Å²) >= 11 is 0. The molecule has 0 radical (unpaired) electrons. The Morgan fingerprint density at radius 3 is 2.10 bits per heavy atom. The molecular formula is C22H30N2O5. The molecule has 0 amide bonds. The Morgan fingerprint density at radius 1 is 1.03 bits per heavy atom. The number of ether oxygens (including phenoxy) is 2. The molecule has 7 heteroatoms. The average Bonchev–Trinajstić information content (AvgIpc) is 2.70. The predicted octanol–water partition coefficient (Wildman–Crippen LogP) is 4.18. The zero-order valence-electron chi connectivity index (χ0n) is 17.8. The van der Waals surface area contributed by atoms with E-state index in [1.165, 1.54) is 14.2 Å². The van der Waals surface area contributed by atoms with Crippen molar-refractivity contribution in [3.8, 4) is 12.1 Å². The molecule has 0 heterocycles. The maximum absolute atomic E-state index is 12.0. The van der Waals surface area contributed by atoms with Crippen molar-refractivity contribution in [3.63, 3.8) is 0 Å². The second kappa shape index (κ2) is 12.2. The van der Waals surface area contributed by atoms with Crippen LogP contribution in [0.2, 0.25) is 0 Å². The molecule has 1 aromatic carbocycles. The highest BCUT2D eigenvalue weighted by molar-refractivity contribution is 5.88. The number of hydrogen-bond acceptors (Lipinski definition) is 7. The molecule has 1 unspecified atom stereocenters. The summed E-state index contributed by atoms with van der Waals surface area (Å²) in [6.45, 7) is 5.39. The summed E-state index contributed by atoms with van der Waals surface area (Å²) in [5.41, 5.74) is 0.947. The van der Waals surface area contributed by atoms with Gasteiger partial charge in [-0.05, 0) is 57.7 Å². The lowest BCUT2D eigenvalue weighted by atomic mass is 9.88. The number of benzene rings is 1. The van der Waals surface area contributed by atoms with Crippen molar-refractivity contribution < 1.29 is 24.0 Å². The van der Waals surface area contributed by atoms with Crippen LogP contribution in [0.5, 0.6) is 0 Å². The first kappa shape index (κ1) is 24.6. The number of nitriles is 2. The fourth-order valence-corrected chi connectivity index (χ4v) is 2.85. The van der Waals surface area contributed by atoms with Gasteiger partial charge < -0.3 is 9.47 Å². The third-order valence-corrected chi connectivity index (χ3v) is 4.33. The number of rotatable bonds is 11. The molecule has 1 atom stereocenters. The van der Waals surface area contributed by atoms with E-state index in [1.54, 1.807) is 32.9 Å². The van der Waals surface area contributed by atoms with Crippen LogP contribution in [0.15, 0.2) is 24.3 Å². The lowest BCUT2D eigenvalue weighted by Gasteiger charge is -2.25. The molecular weight excluding hydrogens is 372 g/mol. The minimum Gasteiger partial charge on any atom is -0.356 e. The first-order chi connectivity index (χ1) is 13.8. The zero-order chi connectivity index (χ0) is 21.9. The standard InChI is InChI=1S/C22H30N2O5/c1-22(2,3)29-28-20(25)17-12-10-16(11-13-17)8-6-7-9-19(18(14-23)15-24)21(26-4)27-5/h10-13,18-19,21H,6-9H2,1-5H3. The van der Waals surface area contributed by atoms with Gasteiger partial charge in [-0.2, -0.15) is 15.4 Å². The first-order valence-electron chi connectivity index (χ1n) is 9.59. The monoisotopic (exact) mass is 402 g/mol. The Balaban J connectivity index is 2.54. The van der Waals surface area contributed by atoms with Crippen molar-refractivity contribution in [1.82, 2.24) is 0 Å². The van der Waals surface area contributed by atoms with Crippen LogP contribution in [-0.4, -0.2) is 32.1 Å². The van der Waals surface area contributed by atoms with E-state index in [4.69, 9.17) is 19.2 Å². The fraction of sp³-hybridized carbons (Fsp3) is 0.591. The van der Waals surface area contributed by atoms with Crippen LogP contribution in [-0.2, 0) is 25.7 Å². The third-order valence-electron chi connectivity index (χ3n) is 4.33. The molecule has 158 valence electrons. The summed E-state index contributed by atoms with van der Waals surface area (Å²) in [7, 11) is 3.01.